The molecule has 1 atom stereocenters. The van der Waals surface area contributed by atoms with Gasteiger partial charge in [-0.25, -0.2) is 0 Å². The van der Waals surface area contributed by atoms with Crippen LogP contribution in [0.2, 0.25) is 0 Å². The zero-order valence-electron chi connectivity index (χ0n) is 18.3. The fraction of sp³-hybridized carbons (Fsp3) is 0.348. The van der Waals surface area contributed by atoms with Gasteiger partial charge >= 0.3 is 0 Å². The molecular weight excluding hydrogens is 446 g/mol. The Bertz CT molecular complexity index is 1170. The van der Waals surface area contributed by atoms with E-state index in [0.29, 0.717) is 29.2 Å². The third-order valence-electron chi connectivity index (χ3n) is 5.71. The number of carbonyl (C=O) groups excluding carboxylic acids is 1. The minimum atomic E-state index is -0.0602. The number of hydrogen-bond donors (Lipinski definition) is 0. The maximum absolute atomic E-state index is 13.1. The summed E-state index contributed by atoms with van der Waals surface area (Å²) in [6.45, 7) is 0.891. The third kappa shape index (κ3) is 4.30. The summed E-state index contributed by atoms with van der Waals surface area (Å²) in [6.07, 6.45) is 1.80. The highest BCUT2D eigenvalue weighted by Crippen LogP contribution is 2.40. The van der Waals surface area contributed by atoms with Crippen LogP contribution in [0, 0.1) is 0 Å². The summed E-state index contributed by atoms with van der Waals surface area (Å²) in [6, 6.07) is 11.0. The lowest BCUT2D eigenvalue weighted by atomic mass is 10.0. The maximum Gasteiger partial charge on any atom is 0.277 e. The van der Waals surface area contributed by atoms with Crippen molar-refractivity contribution >= 4 is 17.7 Å². The molecule has 0 aliphatic carbocycles. The molecule has 0 N–H and O–H groups in total. The van der Waals surface area contributed by atoms with E-state index in [1.165, 1.54) is 11.8 Å². The fourth-order valence-corrected chi connectivity index (χ4v) is 4.76. The highest BCUT2D eigenvalue weighted by atomic mass is 32.2. The highest BCUT2D eigenvalue weighted by molar-refractivity contribution is 7.99. The van der Waals surface area contributed by atoms with Crippen LogP contribution in [0.4, 0.5) is 0 Å². The van der Waals surface area contributed by atoms with E-state index >= 15 is 0 Å². The van der Waals surface area contributed by atoms with Gasteiger partial charge in [-0.15, -0.1) is 10.2 Å². The van der Waals surface area contributed by atoms with Crippen LogP contribution in [0.15, 0.2) is 46.0 Å². The van der Waals surface area contributed by atoms with Crippen LogP contribution in [0.1, 0.15) is 24.4 Å². The second-order valence-electron chi connectivity index (χ2n) is 7.58. The maximum atomic E-state index is 13.1. The summed E-state index contributed by atoms with van der Waals surface area (Å²) in [5, 5.41) is 8.52. The first-order chi connectivity index (χ1) is 16.2. The van der Waals surface area contributed by atoms with Crippen LogP contribution in [0.5, 0.6) is 23.0 Å². The van der Waals surface area contributed by atoms with Crippen LogP contribution in [0.25, 0.3) is 11.5 Å². The smallest absolute Gasteiger partial charge is 0.277 e. The molecule has 33 heavy (non-hydrogen) atoms. The lowest BCUT2D eigenvalue weighted by Crippen LogP contribution is -2.32. The number of carbonyl (C=O) groups is 1. The first-order valence-electron chi connectivity index (χ1n) is 10.5. The molecule has 5 rings (SSSR count). The Morgan fingerprint density at radius 2 is 2.00 bits per heavy atom. The molecule has 0 bridgehead atoms. The van der Waals surface area contributed by atoms with Crippen molar-refractivity contribution in [1.29, 1.82) is 0 Å². The molecule has 2 aliphatic rings. The number of hydrogen-bond acceptors (Lipinski definition) is 9. The van der Waals surface area contributed by atoms with Gasteiger partial charge in [-0.1, -0.05) is 11.8 Å². The van der Waals surface area contributed by atoms with Gasteiger partial charge in [0.1, 0.15) is 11.5 Å². The molecule has 0 saturated carbocycles. The molecule has 1 amide bonds. The molecule has 2 aliphatic heterocycles. The second kappa shape index (κ2) is 9.22. The number of amides is 1. The zero-order valence-corrected chi connectivity index (χ0v) is 19.1. The number of aromatic nitrogens is 2. The van der Waals surface area contributed by atoms with Gasteiger partial charge in [0, 0.05) is 17.7 Å². The zero-order chi connectivity index (χ0) is 22.8. The van der Waals surface area contributed by atoms with Crippen LogP contribution in [-0.4, -0.2) is 54.3 Å². The molecule has 0 unspecified atom stereocenters. The van der Waals surface area contributed by atoms with Crippen molar-refractivity contribution in [2.45, 2.75) is 24.1 Å². The van der Waals surface area contributed by atoms with E-state index < -0.39 is 0 Å². The molecule has 172 valence electrons. The quantitative estimate of drug-likeness (QED) is 0.477. The van der Waals surface area contributed by atoms with Gasteiger partial charge in [0.05, 0.1) is 26.0 Å². The van der Waals surface area contributed by atoms with Crippen LogP contribution < -0.4 is 18.9 Å². The topological polar surface area (TPSA) is 96.2 Å². The number of rotatable bonds is 7. The van der Waals surface area contributed by atoms with Gasteiger partial charge in [0.25, 0.3) is 5.22 Å². The van der Waals surface area contributed by atoms with Crippen molar-refractivity contribution in [3.05, 3.63) is 42.0 Å². The van der Waals surface area contributed by atoms with Crippen molar-refractivity contribution in [3.8, 4) is 34.5 Å². The van der Waals surface area contributed by atoms with Gasteiger partial charge in [-0.3, -0.25) is 4.79 Å². The SMILES string of the molecule is COc1ccc(OC)c([C@H]2CCCN2C(=O)CSc2nnc(-c3ccc4c(c3)OCO4)o2)c1. The van der Waals surface area contributed by atoms with Crippen LogP contribution in [0.3, 0.4) is 0 Å². The number of likely N-dealkylation sites (tertiary alicyclic amines) is 1. The van der Waals surface area contributed by atoms with Crippen molar-refractivity contribution in [2.75, 3.05) is 33.3 Å². The van der Waals surface area contributed by atoms with Crippen LogP contribution >= 0.6 is 11.8 Å². The Hall–Kier alpha value is -3.40. The Labute approximate surface area is 195 Å². The molecule has 1 fully saturated rings. The van der Waals surface area contributed by atoms with E-state index in [1.807, 2.05) is 29.2 Å². The summed E-state index contributed by atoms with van der Waals surface area (Å²) < 4.78 is 27.4. The van der Waals surface area contributed by atoms with E-state index in [9.17, 15) is 4.79 Å². The average Bonchev–Trinajstić information content (AvgIpc) is 3.61. The minimum absolute atomic E-state index is 0.00945. The predicted molar refractivity (Wildman–Crippen MR) is 120 cm³/mol. The van der Waals surface area contributed by atoms with Crippen molar-refractivity contribution in [2.24, 2.45) is 0 Å². The normalized spacial score (nSPS) is 16.8. The Balaban J connectivity index is 1.26. The number of thioether (sulfide) groups is 1. The molecule has 9 nitrogen and oxygen atoms in total. The van der Waals surface area contributed by atoms with Gasteiger partial charge in [-0.2, -0.15) is 0 Å². The summed E-state index contributed by atoms with van der Waals surface area (Å²) in [4.78, 5) is 15.0. The summed E-state index contributed by atoms with van der Waals surface area (Å²) in [7, 11) is 3.26. The lowest BCUT2D eigenvalue weighted by molar-refractivity contribution is -0.129. The molecule has 1 saturated heterocycles. The lowest BCUT2D eigenvalue weighted by Gasteiger charge is -2.26. The standard InChI is InChI=1S/C23H23N3O6S/c1-28-15-6-8-18(29-2)16(11-15)17-4-3-9-26(17)21(27)12-33-23-25-24-22(32-23)14-5-7-19-20(10-14)31-13-30-19/h5-8,10-11,17H,3-4,9,12-13H2,1-2H3/t17-/m1/s1. The first-order valence-corrected chi connectivity index (χ1v) is 11.5. The van der Waals surface area contributed by atoms with Gasteiger partial charge < -0.3 is 28.3 Å². The van der Waals surface area contributed by atoms with E-state index in [1.54, 1.807) is 26.4 Å². The number of benzene rings is 2. The van der Waals surface area contributed by atoms with Crippen molar-refractivity contribution in [3.63, 3.8) is 0 Å². The number of methoxy groups -OCH3 is 2. The molecule has 2 aromatic carbocycles. The molecule has 3 heterocycles. The molecular formula is C23H23N3O6S. The van der Waals surface area contributed by atoms with E-state index in [4.69, 9.17) is 23.4 Å². The molecule has 3 aromatic rings. The van der Waals surface area contributed by atoms with Crippen molar-refractivity contribution in [1.82, 2.24) is 15.1 Å². The van der Waals surface area contributed by atoms with E-state index in [-0.39, 0.29) is 24.5 Å². The summed E-state index contributed by atoms with van der Waals surface area (Å²) >= 11 is 1.23. The first kappa shape index (κ1) is 21.4. The number of nitrogens with zero attached hydrogens (tertiary/aromatic N) is 3. The average molecular weight is 470 g/mol. The number of fused-ring (bicyclic) bond motifs is 1. The Morgan fingerprint density at radius 1 is 1.12 bits per heavy atom. The largest absolute Gasteiger partial charge is 0.497 e. The summed E-state index contributed by atoms with van der Waals surface area (Å²) in [5.74, 6) is 3.39. The molecule has 0 radical (unpaired) electrons. The second-order valence-corrected chi connectivity index (χ2v) is 8.51. The Kier molecular flexibility index (Phi) is 5.99. The molecule has 0 spiro atoms. The summed E-state index contributed by atoms with van der Waals surface area (Å²) in [5.41, 5.74) is 1.69. The monoisotopic (exact) mass is 469 g/mol. The Morgan fingerprint density at radius 3 is 2.85 bits per heavy atom. The fourth-order valence-electron chi connectivity index (χ4n) is 4.11. The number of ether oxygens (including phenoxy) is 4. The molecule has 1 aromatic heterocycles. The molecule has 10 heteroatoms. The van der Waals surface area contributed by atoms with Gasteiger partial charge in [0.2, 0.25) is 18.6 Å². The van der Waals surface area contributed by atoms with Gasteiger partial charge in [0.15, 0.2) is 11.5 Å². The predicted octanol–water partition coefficient (Wildman–Crippen LogP) is 3.94. The van der Waals surface area contributed by atoms with Gasteiger partial charge in [-0.05, 0) is 49.2 Å². The van der Waals surface area contributed by atoms with Crippen molar-refractivity contribution < 1.29 is 28.2 Å². The van der Waals surface area contributed by atoms with E-state index in [0.717, 1.165) is 35.5 Å². The highest BCUT2D eigenvalue weighted by Gasteiger charge is 2.32. The van der Waals surface area contributed by atoms with Crippen LogP contribution in [-0.2, 0) is 4.79 Å². The third-order valence-corrected chi connectivity index (χ3v) is 6.52. The van der Waals surface area contributed by atoms with E-state index in [2.05, 4.69) is 10.2 Å². The minimum Gasteiger partial charge on any atom is -0.497 e.